The molecule has 1 fully saturated rings. The predicted molar refractivity (Wildman–Crippen MR) is 94.2 cm³/mol. The summed E-state index contributed by atoms with van der Waals surface area (Å²) in [5.41, 5.74) is 3.17. The van der Waals surface area contributed by atoms with Crippen LogP contribution in [0.4, 0.5) is 0 Å². The van der Waals surface area contributed by atoms with Crippen LogP contribution in [0.15, 0.2) is 60.7 Å². The van der Waals surface area contributed by atoms with Gasteiger partial charge in [0.2, 0.25) is 0 Å². The van der Waals surface area contributed by atoms with Gasteiger partial charge in [0.1, 0.15) is 0 Å². The third kappa shape index (κ3) is 3.10. The first kappa shape index (κ1) is 15.3. The van der Waals surface area contributed by atoms with Crippen molar-refractivity contribution in [2.75, 3.05) is 19.6 Å². The highest BCUT2D eigenvalue weighted by atomic mass is 15.1. The standard InChI is InChI=1S/C21H27N/c1-2-3-16-22-17-14-21(15-18-22,19-10-6-4-7-11-19)20-12-8-5-9-13-20/h4-13H,2-3,14-18H2,1H3. The topological polar surface area (TPSA) is 3.24 Å². The van der Waals surface area contributed by atoms with Crippen LogP contribution in [0.5, 0.6) is 0 Å². The van der Waals surface area contributed by atoms with Crippen LogP contribution in [0.25, 0.3) is 0 Å². The molecular weight excluding hydrogens is 266 g/mol. The Bertz CT molecular complexity index is 511. The molecule has 0 saturated carbocycles. The van der Waals surface area contributed by atoms with E-state index in [1.54, 1.807) is 0 Å². The van der Waals surface area contributed by atoms with Crippen molar-refractivity contribution in [1.29, 1.82) is 0 Å². The minimum Gasteiger partial charge on any atom is -0.303 e. The third-order valence-electron chi connectivity index (χ3n) is 5.19. The lowest BCUT2D eigenvalue weighted by Gasteiger charge is -2.43. The number of nitrogens with zero attached hydrogens (tertiary/aromatic N) is 1. The van der Waals surface area contributed by atoms with Crippen molar-refractivity contribution in [1.82, 2.24) is 4.90 Å². The minimum atomic E-state index is 0.200. The van der Waals surface area contributed by atoms with Crippen LogP contribution in [-0.4, -0.2) is 24.5 Å². The second-order valence-corrected chi connectivity index (χ2v) is 6.51. The van der Waals surface area contributed by atoms with Gasteiger partial charge in [-0.25, -0.2) is 0 Å². The monoisotopic (exact) mass is 293 g/mol. The Hall–Kier alpha value is -1.60. The molecular formula is C21H27N. The van der Waals surface area contributed by atoms with Crippen LogP contribution in [0.2, 0.25) is 0 Å². The van der Waals surface area contributed by atoms with E-state index < -0.39 is 0 Å². The fraction of sp³-hybridized carbons (Fsp3) is 0.429. The van der Waals surface area contributed by atoms with Crippen LogP contribution in [0.1, 0.15) is 43.7 Å². The van der Waals surface area contributed by atoms with Gasteiger partial charge in [-0.2, -0.15) is 0 Å². The molecule has 1 aliphatic heterocycles. The van der Waals surface area contributed by atoms with Gasteiger partial charge in [-0.05, 0) is 50.0 Å². The van der Waals surface area contributed by atoms with E-state index in [1.807, 2.05) is 0 Å². The summed E-state index contributed by atoms with van der Waals surface area (Å²) in [6.45, 7) is 5.96. The zero-order valence-electron chi connectivity index (χ0n) is 13.7. The molecule has 2 aromatic rings. The zero-order chi connectivity index (χ0) is 15.3. The highest BCUT2D eigenvalue weighted by Gasteiger charge is 2.37. The Kier molecular flexibility index (Phi) is 4.94. The predicted octanol–water partition coefficient (Wildman–Crippen LogP) is 4.87. The van der Waals surface area contributed by atoms with Crippen molar-refractivity contribution < 1.29 is 0 Å². The van der Waals surface area contributed by atoms with Crippen LogP contribution in [0.3, 0.4) is 0 Å². The molecule has 0 spiro atoms. The van der Waals surface area contributed by atoms with E-state index in [4.69, 9.17) is 0 Å². The Morgan fingerprint density at radius 1 is 0.818 bits per heavy atom. The lowest BCUT2D eigenvalue weighted by atomic mass is 9.68. The third-order valence-corrected chi connectivity index (χ3v) is 5.19. The van der Waals surface area contributed by atoms with E-state index in [1.165, 1.54) is 56.4 Å². The van der Waals surface area contributed by atoms with Gasteiger partial charge in [0, 0.05) is 5.41 Å². The summed E-state index contributed by atoms with van der Waals surface area (Å²) in [4.78, 5) is 2.65. The molecule has 1 saturated heterocycles. The lowest BCUT2D eigenvalue weighted by Crippen LogP contribution is -2.43. The maximum Gasteiger partial charge on any atom is 0.0227 e. The van der Waals surface area contributed by atoms with Crippen molar-refractivity contribution in [3.8, 4) is 0 Å². The molecule has 1 aliphatic rings. The fourth-order valence-corrected chi connectivity index (χ4v) is 3.80. The molecule has 0 unspecified atom stereocenters. The molecule has 0 N–H and O–H groups in total. The molecule has 2 aromatic carbocycles. The van der Waals surface area contributed by atoms with E-state index in [9.17, 15) is 0 Å². The van der Waals surface area contributed by atoms with Crippen molar-refractivity contribution in [2.24, 2.45) is 0 Å². The summed E-state index contributed by atoms with van der Waals surface area (Å²) in [5, 5.41) is 0. The number of piperidine rings is 1. The lowest BCUT2D eigenvalue weighted by molar-refractivity contribution is 0.177. The van der Waals surface area contributed by atoms with E-state index in [-0.39, 0.29) is 5.41 Å². The average Bonchev–Trinajstić information content (AvgIpc) is 2.62. The Labute approximate surface area is 135 Å². The Morgan fingerprint density at radius 2 is 1.32 bits per heavy atom. The first-order valence-corrected chi connectivity index (χ1v) is 8.68. The van der Waals surface area contributed by atoms with Gasteiger partial charge in [-0.15, -0.1) is 0 Å². The van der Waals surface area contributed by atoms with Crippen LogP contribution in [-0.2, 0) is 5.41 Å². The molecule has 0 radical (unpaired) electrons. The molecule has 1 nitrogen and oxygen atoms in total. The molecule has 0 amide bonds. The summed E-state index contributed by atoms with van der Waals surface area (Å²) in [7, 11) is 0. The van der Waals surface area contributed by atoms with Crippen LogP contribution >= 0.6 is 0 Å². The van der Waals surface area contributed by atoms with Crippen molar-refractivity contribution >= 4 is 0 Å². The number of hydrogen-bond donors (Lipinski definition) is 0. The molecule has 0 atom stereocenters. The largest absolute Gasteiger partial charge is 0.303 e. The fourth-order valence-electron chi connectivity index (χ4n) is 3.80. The van der Waals surface area contributed by atoms with E-state index in [2.05, 4.69) is 72.5 Å². The minimum absolute atomic E-state index is 0.200. The first-order valence-electron chi connectivity index (χ1n) is 8.68. The van der Waals surface area contributed by atoms with Gasteiger partial charge in [0.05, 0.1) is 0 Å². The van der Waals surface area contributed by atoms with E-state index >= 15 is 0 Å². The second-order valence-electron chi connectivity index (χ2n) is 6.51. The van der Waals surface area contributed by atoms with Crippen molar-refractivity contribution in [3.05, 3.63) is 71.8 Å². The van der Waals surface area contributed by atoms with Gasteiger partial charge in [0.15, 0.2) is 0 Å². The molecule has 22 heavy (non-hydrogen) atoms. The highest BCUT2D eigenvalue weighted by Crippen LogP contribution is 2.41. The molecule has 0 aliphatic carbocycles. The molecule has 1 heterocycles. The molecule has 116 valence electrons. The smallest absolute Gasteiger partial charge is 0.0227 e. The van der Waals surface area contributed by atoms with Crippen molar-refractivity contribution in [3.63, 3.8) is 0 Å². The number of rotatable bonds is 5. The second kappa shape index (κ2) is 7.11. The maximum absolute atomic E-state index is 2.65. The summed E-state index contributed by atoms with van der Waals surface area (Å²) >= 11 is 0. The van der Waals surface area contributed by atoms with Gasteiger partial charge in [0.25, 0.3) is 0 Å². The quantitative estimate of drug-likeness (QED) is 0.760. The molecule has 1 heteroatoms. The van der Waals surface area contributed by atoms with Crippen LogP contribution in [0, 0.1) is 0 Å². The van der Waals surface area contributed by atoms with E-state index in [0.717, 1.165) is 0 Å². The Morgan fingerprint density at radius 3 is 1.77 bits per heavy atom. The first-order chi connectivity index (χ1) is 10.8. The summed E-state index contributed by atoms with van der Waals surface area (Å²) in [6.07, 6.45) is 5.07. The number of benzene rings is 2. The van der Waals surface area contributed by atoms with Crippen LogP contribution < -0.4 is 0 Å². The summed E-state index contributed by atoms with van der Waals surface area (Å²) in [6, 6.07) is 22.2. The van der Waals surface area contributed by atoms with Gasteiger partial charge in [-0.3, -0.25) is 0 Å². The van der Waals surface area contributed by atoms with Gasteiger partial charge >= 0.3 is 0 Å². The number of likely N-dealkylation sites (tertiary alicyclic amines) is 1. The van der Waals surface area contributed by atoms with E-state index in [0.29, 0.717) is 0 Å². The maximum atomic E-state index is 2.65. The number of unbranched alkanes of at least 4 members (excludes halogenated alkanes) is 1. The molecule has 0 bridgehead atoms. The highest BCUT2D eigenvalue weighted by molar-refractivity contribution is 5.40. The normalized spacial score (nSPS) is 18.2. The Balaban J connectivity index is 1.87. The summed E-state index contributed by atoms with van der Waals surface area (Å²) in [5.74, 6) is 0. The molecule has 3 rings (SSSR count). The average molecular weight is 293 g/mol. The van der Waals surface area contributed by atoms with Gasteiger partial charge in [-0.1, -0.05) is 74.0 Å². The van der Waals surface area contributed by atoms with Gasteiger partial charge < -0.3 is 4.90 Å². The zero-order valence-corrected chi connectivity index (χ0v) is 13.7. The SMILES string of the molecule is CCCCN1CCC(c2ccccc2)(c2ccccc2)CC1. The van der Waals surface area contributed by atoms with Crippen molar-refractivity contribution in [2.45, 2.75) is 38.0 Å². The number of hydrogen-bond acceptors (Lipinski definition) is 1. The summed E-state index contributed by atoms with van der Waals surface area (Å²) < 4.78 is 0. The molecule has 0 aromatic heterocycles.